The maximum absolute atomic E-state index is 12.3. The Balaban J connectivity index is 2.01. The van der Waals surface area contributed by atoms with Gasteiger partial charge in [0.15, 0.2) is 0 Å². The third kappa shape index (κ3) is 4.75. The highest BCUT2D eigenvalue weighted by atomic mass is 16.5. The Labute approximate surface area is 136 Å². The van der Waals surface area contributed by atoms with Gasteiger partial charge in [0.05, 0.1) is 5.92 Å². The first-order chi connectivity index (χ1) is 11.1. The highest BCUT2D eigenvalue weighted by Gasteiger charge is 2.30. The molecule has 0 heterocycles. The van der Waals surface area contributed by atoms with Gasteiger partial charge < -0.3 is 15.2 Å². The van der Waals surface area contributed by atoms with Crippen molar-refractivity contribution >= 4 is 11.9 Å². The number of terminal acetylenes is 1. The molecule has 0 spiro atoms. The molecule has 1 aliphatic carbocycles. The first-order valence-corrected chi connectivity index (χ1v) is 7.82. The maximum Gasteiger partial charge on any atom is 0.308 e. The minimum Gasteiger partial charge on any atom is -0.481 e. The fraction of sp³-hybridized carbons (Fsp3) is 0.444. The van der Waals surface area contributed by atoms with Crippen molar-refractivity contribution < 1.29 is 19.4 Å². The molecule has 5 heteroatoms. The molecule has 1 saturated carbocycles. The van der Waals surface area contributed by atoms with Crippen molar-refractivity contribution in [1.82, 2.24) is 5.32 Å². The van der Waals surface area contributed by atoms with Crippen LogP contribution < -0.4 is 10.1 Å². The summed E-state index contributed by atoms with van der Waals surface area (Å²) in [6.07, 6.45) is 9.28. The molecule has 1 fully saturated rings. The molecule has 0 saturated heterocycles. The quantitative estimate of drug-likeness (QED) is 0.646. The standard InChI is InChI=1S/C18H21NO4/c1-2-12-23-14-10-8-13(9-11-14)17(20)19-16-7-5-3-4-6-15(16)18(21)22/h1,8-11,15-16H,3-7,12H2,(H,19,20)(H,21,22)/t15-,16+/m1/s1. The van der Waals surface area contributed by atoms with E-state index in [1.54, 1.807) is 24.3 Å². The van der Waals surface area contributed by atoms with E-state index >= 15 is 0 Å². The molecule has 0 unspecified atom stereocenters. The van der Waals surface area contributed by atoms with E-state index in [2.05, 4.69) is 11.2 Å². The van der Waals surface area contributed by atoms with Gasteiger partial charge in [-0.05, 0) is 37.1 Å². The van der Waals surface area contributed by atoms with Gasteiger partial charge in [0, 0.05) is 11.6 Å². The van der Waals surface area contributed by atoms with Gasteiger partial charge in [-0.25, -0.2) is 0 Å². The predicted octanol–water partition coefficient (Wildman–Crippen LogP) is 2.46. The second-order valence-corrected chi connectivity index (χ2v) is 5.68. The van der Waals surface area contributed by atoms with E-state index in [4.69, 9.17) is 11.2 Å². The second kappa shape index (κ2) is 8.23. The zero-order valence-electron chi connectivity index (χ0n) is 13.0. The van der Waals surface area contributed by atoms with Crippen molar-refractivity contribution in [2.24, 2.45) is 5.92 Å². The molecule has 2 N–H and O–H groups in total. The Morgan fingerprint density at radius 1 is 1.22 bits per heavy atom. The maximum atomic E-state index is 12.3. The summed E-state index contributed by atoms with van der Waals surface area (Å²) in [5.74, 6) is 1.36. The van der Waals surface area contributed by atoms with Crippen LogP contribution in [0.15, 0.2) is 24.3 Å². The number of amides is 1. The van der Waals surface area contributed by atoms with Gasteiger partial charge >= 0.3 is 5.97 Å². The molecule has 122 valence electrons. The SMILES string of the molecule is C#CCOc1ccc(C(=O)N[C@H]2CCCCC[C@H]2C(=O)O)cc1. The number of carbonyl (C=O) groups excluding carboxylic acids is 1. The minimum absolute atomic E-state index is 0.175. The van der Waals surface area contributed by atoms with Gasteiger partial charge in [-0.15, -0.1) is 6.42 Å². The molecule has 0 aromatic heterocycles. The monoisotopic (exact) mass is 315 g/mol. The lowest BCUT2D eigenvalue weighted by molar-refractivity contribution is -0.142. The van der Waals surface area contributed by atoms with Crippen LogP contribution in [0.4, 0.5) is 0 Å². The molecule has 0 radical (unpaired) electrons. The number of carboxylic acid groups (broad SMARTS) is 1. The average Bonchev–Trinajstić information content (AvgIpc) is 2.79. The van der Waals surface area contributed by atoms with Crippen molar-refractivity contribution in [3.05, 3.63) is 29.8 Å². The lowest BCUT2D eigenvalue weighted by atomic mass is 9.94. The number of carbonyl (C=O) groups is 2. The Bertz CT molecular complexity index is 588. The fourth-order valence-electron chi connectivity index (χ4n) is 2.86. The summed E-state index contributed by atoms with van der Waals surface area (Å²) in [6, 6.07) is 6.32. The normalized spacial score (nSPS) is 20.8. The van der Waals surface area contributed by atoms with E-state index in [9.17, 15) is 14.7 Å². The molecular formula is C18H21NO4. The van der Waals surface area contributed by atoms with Gasteiger partial charge in [-0.2, -0.15) is 0 Å². The van der Waals surface area contributed by atoms with Crippen LogP contribution >= 0.6 is 0 Å². The summed E-state index contributed by atoms with van der Waals surface area (Å²) in [5.41, 5.74) is 0.478. The number of carboxylic acids is 1. The van der Waals surface area contributed by atoms with Crippen molar-refractivity contribution in [2.75, 3.05) is 6.61 Å². The average molecular weight is 315 g/mol. The number of hydrogen-bond donors (Lipinski definition) is 2. The topological polar surface area (TPSA) is 75.6 Å². The van der Waals surface area contributed by atoms with Crippen LogP contribution in [-0.4, -0.2) is 29.6 Å². The van der Waals surface area contributed by atoms with Gasteiger partial charge in [0.1, 0.15) is 12.4 Å². The molecule has 1 aliphatic rings. The number of benzene rings is 1. The van der Waals surface area contributed by atoms with Crippen LogP contribution in [0.5, 0.6) is 5.75 Å². The molecule has 2 rings (SSSR count). The van der Waals surface area contributed by atoms with E-state index in [0.717, 1.165) is 19.3 Å². The predicted molar refractivity (Wildman–Crippen MR) is 86.2 cm³/mol. The molecule has 0 aliphatic heterocycles. The van der Waals surface area contributed by atoms with E-state index < -0.39 is 11.9 Å². The summed E-state index contributed by atoms with van der Waals surface area (Å²) in [6.45, 7) is 0.175. The zero-order chi connectivity index (χ0) is 16.7. The van der Waals surface area contributed by atoms with E-state index in [1.807, 2.05) is 0 Å². The minimum atomic E-state index is -0.838. The summed E-state index contributed by atoms with van der Waals surface area (Å²) in [7, 11) is 0. The molecule has 0 bridgehead atoms. The molecule has 2 atom stereocenters. The first-order valence-electron chi connectivity index (χ1n) is 7.82. The van der Waals surface area contributed by atoms with E-state index in [1.165, 1.54) is 0 Å². The van der Waals surface area contributed by atoms with Gasteiger partial charge in [-0.1, -0.05) is 25.2 Å². The summed E-state index contributed by atoms with van der Waals surface area (Å²) >= 11 is 0. The number of hydrogen-bond acceptors (Lipinski definition) is 3. The van der Waals surface area contributed by atoms with Gasteiger partial charge in [-0.3, -0.25) is 9.59 Å². The van der Waals surface area contributed by atoms with Crippen LogP contribution in [-0.2, 0) is 4.79 Å². The van der Waals surface area contributed by atoms with Crippen LogP contribution in [0.1, 0.15) is 42.5 Å². The highest BCUT2D eigenvalue weighted by molar-refractivity contribution is 5.94. The Hall–Kier alpha value is -2.48. The molecule has 1 aromatic carbocycles. The van der Waals surface area contributed by atoms with Crippen LogP contribution in [0.2, 0.25) is 0 Å². The summed E-state index contributed by atoms with van der Waals surface area (Å²) in [5, 5.41) is 12.2. The second-order valence-electron chi connectivity index (χ2n) is 5.68. The molecule has 23 heavy (non-hydrogen) atoms. The Morgan fingerprint density at radius 2 is 1.91 bits per heavy atom. The lowest BCUT2D eigenvalue weighted by Crippen LogP contribution is -2.42. The lowest BCUT2D eigenvalue weighted by Gasteiger charge is -2.22. The van der Waals surface area contributed by atoms with Crippen molar-refractivity contribution in [1.29, 1.82) is 0 Å². The van der Waals surface area contributed by atoms with Gasteiger partial charge in [0.2, 0.25) is 0 Å². The molecule has 1 aromatic rings. The Kier molecular flexibility index (Phi) is 6.04. The van der Waals surface area contributed by atoms with Gasteiger partial charge in [0.25, 0.3) is 5.91 Å². The third-order valence-corrected chi connectivity index (χ3v) is 4.09. The van der Waals surface area contributed by atoms with Crippen molar-refractivity contribution in [2.45, 2.75) is 38.1 Å². The smallest absolute Gasteiger partial charge is 0.308 e. The van der Waals surface area contributed by atoms with Crippen molar-refractivity contribution in [3.63, 3.8) is 0 Å². The highest BCUT2D eigenvalue weighted by Crippen LogP contribution is 2.24. The van der Waals surface area contributed by atoms with Crippen LogP contribution in [0.25, 0.3) is 0 Å². The zero-order valence-corrected chi connectivity index (χ0v) is 13.0. The van der Waals surface area contributed by atoms with E-state index in [0.29, 0.717) is 24.2 Å². The summed E-state index contributed by atoms with van der Waals surface area (Å²) < 4.78 is 5.26. The number of nitrogens with one attached hydrogen (secondary N) is 1. The summed E-state index contributed by atoms with van der Waals surface area (Å²) in [4.78, 5) is 23.7. The largest absolute Gasteiger partial charge is 0.481 e. The van der Waals surface area contributed by atoms with Crippen molar-refractivity contribution in [3.8, 4) is 18.1 Å². The van der Waals surface area contributed by atoms with Crippen LogP contribution in [0, 0.1) is 18.3 Å². The molecule has 5 nitrogen and oxygen atoms in total. The molecule has 1 amide bonds. The van der Waals surface area contributed by atoms with Crippen LogP contribution in [0.3, 0.4) is 0 Å². The van der Waals surface area contributed by atoms with E-state index in [-0.39, 0.29) is 18.6 Å². The Morgan fingerprint density at radius 3 is 2.57 bits per heavy atom. The fourth-order valence-corrected chi connectivity index (χ4v) is 2.86. The number of aliphatic carboxylic acids is 1. The third-order valence-electron chi connectivity index (χ3n) is 4.09. The number of ether oxygens (including phenoxy) is 1. The molecular weight excluding hydrogens is 294 g/mol. The first kappa shape index (κ1) is 16.9. The number of rotatable bonds is 5.